The molecular formula is C21H22N4OS. The molecule has 1 aliphatic carbocycles. The first-order valence-corrected chi connectivity index (χ1v) is 10.4. The molecule has 1 aliphatic rings. The predicted octanol–water partition coefficient (Wildman–Crippen LogP) is 4.80. The molecule has 5 nitrogen and oxygen atoms in total. The van der Waals surface area contributed by atoms with Crippen LogP contribution in [0.5, 0.6) is 5.75 Å². The van der Waals surface area contributed by atoms with Crippen LogP contribution < -0.4 is 4.74 Å². The van der Waals surface area contributed by atoms with E-state index in [1.54, 1.807) is 6.33 Å². The zero-order valence-electron chi connectivity index (χ0n) is 15.7. The second-order valence-corrected chi connectivity index (χ2v) is 8.38. The molecule has 0 spiro atoms. The van der Waals surface area contributed by atoms with Crippen molar-refractivity contribution in [1.29, 1.82) is 0 Å². The summed E-state index contributed by atoms with van der Waals surface area (Å²) in [6.45, 7) is 4.49. The van der Waals surface area contributed by atoms with Crippen molar-refractivity contribution in [2.75, 3.05) is 0 Å². The van der Waals surface area contributed by atoms with E-state index in [9.17, 15) is 0 Å². The first-order chi connectivity index (χ1) is 13.2. The fourth-order valence-corrected chi connectivity index (χ4v) is 5.22. The summed E-state index contributed by atoms with van der Waals surface area (Å²) in [6, 6.07) is 6.17. The van der Waals surface area contributed by atoms with Gasteiger partial charge in [0, 0.05) is 4.88 Å². The highest BCUT2D eigenvalue weighted by Crippen LogP contribution is 2.36. The van der Waals surface area contributed by atoms with Crippen molar-refractivity contribution in [3.05, 3.63) is 51.9 Å². The van der Waals surface area contributed by atoms with E-state index in [-0.39, 0.29) is 0 Å². The minimum atomic E-state index is 0.362. The number of nitrogens with zero attached hydrogens (tertiary/aromatic N) is 4. The quantitative estimate of drug-likeness (QED) is 0.480. The Hall–Kier alpha value is -2.47. The molecule has 0 amide bonds. The van der Waals surface area contributed by atoms with Gasteiger partial charge in [0.1, 0.15) is 23.5 Å². The van der Waals surface area contributed by atoms with E-state index in [1.165, 1.54) is 41.5 Å². The van der Waals surface area contributed by atoms with Crippen LogP contribution in [0.15, 0.2) is 24.5 Å². The van der Waals surface area contributed by atoms with Gasteiger partial charge >= 0.3 is 0 Å². The number of aryl methyl sites for hydroxylation is 4. The van der Waals surface area contributed by atoms with Crippen LogP contribution in [0.4, 0.5) is 0 Å². The van der Waals surface area contributed by atoms with Crippen LogP contribution in [0.1, 0.15) is 46.7 Å². The minimum absolute atomic E-state index is 0.362. The maximum absolute atomic E-state index is 6.05. The molecule has 4 aromatic rings. The number of hydrogen-bond donors (Lipinski definition) is 0. The molecule has 0 saturated heterocycles. The molecule has 6 heteroatoms. The summed E-state index contributed by atoms with van der Waals surface area (Å²) in [6.07, 6.45) is 7.90. The summed E-state index contributed by atoms with van der Waals surface area (Å²) in [5.74, 6) is 1.62. The Labute approximate surface area is 162 Å². The molecular weight excluding hydrogens is 356 g/mol. The maximum Gasteiger partial charge on any atom is 0.189 e. The Morgan fingerprint density at radius 1 is 1.11 bits per heavy atom. The Bertz CT molecular complexity index is 1120. The summed E-state index contributed by atoms with van der Waals surface area (Å²) < 4.78 is 7.86. The summed E-state index contributed by atoms with van der Waals surface area (Å²) in [5, 5.41) is 5.81. The number of para-hydroxylation sites is 1. The summed E-state index contributed by atoms with van der Waals surface area (Å²) in [7, 11) is 0. The zero-order valence-corrected chi connectivity index (χ0v) is 16.5. The van der Waals surface area contributed by atoms with Gasteiger partial charge in [0.25, 0.3) is 0 Å². The van der Waals surface area contributed by atoms with Gasteiger partial charge in [-0.2, -0.15) is 0 Å². The van der Waals surface area contributed by atoms with Crippen LogP contribution in [0.25, 0.3) is 15.9 Å². The van der Waals surface area contributed by atoms with E-state index in [0.717, 1.165) is 33.8 Å². The molecule has 0 aliphatic heterocycles. The van der Waals surface area contributed by atoms with Crippen molar-refractivity contribution in [2.24, 2.45) is 0 Å². The number of ether oxygens (including phenoxy) is 1. The van der Waals surface area contributed by atoms with E-state index in [4.69, 9.17) is 9.72 Å². The second-order valence-electron chi connectivity index (χ2n) is 7.29. The monoisotopic (exact) mass is 378 g/mol. The fourth-order valence-electron chi connectivity index (χ4n) is 4.00. The molecule has 0 fully saturated rings. The molecule has 0 atom stereocenters. The summed E-state index contributed by atoms with van der Waals surface area (Å²) in [4.78, 5) is 12.0. The van der Waals surface area contributed by atoms with Crippen LogP contribution in [0.3, 0.4) is 0 Å². The van der Waals surface area contributed by atoms with E-state index < -0.39 is 0 Å². The van der Waals surface area contributed by atoms with Crippen LogP contribution in [-0.4, -0.2) is 19.6 Å². The van der Waals surface area contributed by atoms with Gasteiger partial charge < -0.3 is 4.74 Å². The third-order valence-corrected chi connectivity index (χ3v) is 6.54. The minimum Gasteiger partial charge on any atom is -0.485 e. The van der Waals surface area contributed by atoms with E-state index >= 15 is 0 Å². The third-order valence-electron chi connectivity index (χ3n) is 5.34. The van der Waals surface area contributed by atoms with Crippen molar-refractivity contribution in [3.8, 4) is 5.75 Å². The number of rotatable bonds is 3. The lowest BCUT2D eigenvalue weighted by Gasteiger charge is -2.09. The molecule has 1 aromatic carbocycles. The third kappa shape index (κ3) is 2.88. The van der Waals surface area contributed by atoms with Crippen molar-refractivity contribution >= 4 is 27.2 Å². The molecule has 3 aromatic heterocycles. The highest BCUT2D eigenvalue weighted by molar-refractivity contribution is 7.19. The lowest BCUT2D eigenvalue weighted by atomic mass is 10.1. The van der Waals surface area contributed by atoms with Gasteiger partial charge in [-0.25, -0.2) is 14.5 Å². The molecule has 3 heterocycles. The lowest BCUT2D eigenvalue weighted by molar-refractivity contribution is 0.292. The molecule has 0 N–H and O–H groups in total. The fraction of sp³-hybridized carbons (Fsp3) is 0.381. The van der Waals surface area contributed by atoms with E-state index in [2.05, 4.69) is 36.1 Å². The number of hydrogen-bond acceptors (Lipinski definition) is 5. The van der Waals surface area contributed by atoms with Gasteiger partial charge in [-0.15, -0.1) is 16.4 Å². The summed E-state index contributed by atoms with van der Waals surface area (Å²) >= 11 is 1.83. The maximum atomic E-state index is 6.05. The standard InChI is InChI=1S/C21H22N4OS/c1-13-7-6-8-14(2)19(13)26-11-17-23-20-18-15-9-4-3-5-10-16(15)27-21(18)22-12-25(20)24-17/h6-8,12H,3-5,9-11H2,1-2H3. The topological polar surface area (TPSA) is 52.3 Å². The molecule has 27 heavy (non-hydrogen) atoms. The van der Waals surface area contributed by atoms with Gasteiger partial charge in [0.05, 0.1) is 5.39 Å². The van der Waals surface area contributed by atoms with Crippen molar-refractivity contribution in [3.63, 3.8) is 0 Å². The normalized spacial score (nSPS) is 14.4. The molecule has 0 saturated carbocycles. The lowest BCUT2D eigenvalue weighted by Crippen LogP contribution is -2.01. The molecule has 138 valence electrons. The van der Waals surface area contributed by atoms with Crippen LogP contribution in [0, 0.1) is 13.8 Å². The highest BCUT2D eigenvalue weighted by atomic mass is 32.1. The number of aromatic nitrogens is 4. The smallest absolute Gasteiger partial charge is 0.189 e. The van der Waals surface area contributed by atoms with Crippen molar-refractivity contribution in [2.45, 2.75) is 52.6 Å². The molecule has 0 bridgehead atoms. The number of thiophene rings is 1. The van der Waals surface area contributed by atoms with Crippen LogP contribution in [0.2, 0.25) is 0 Å². The van der Waals surface area contributed by atoms with Gasteiger partial charge in [0.2, 0.25) is 0 Å². The largest absolute Gasteiger partial charge is 0.485 e. The Morgan fingerprint density at radius 2 is 1.93 bits per heavy atom. The van der Waals surface area contributed by atoms with Gasteiger partial charge in [-0.3, -0.25) is 0 Å². The Balaban J connectivity index is 1.53. The van der Waals surface area contributed by atoms with Crippen LogP contribution >= 0.6 is 11.3 Å². The van der Waals surface area contributed by atoms with Crippen molar-refractivity contribution < 1.29 is 4.74 Å². The van der Waals surface area contributed by atoms with Gasteiger partial charge in [-0.05, 0) is 56.2 Å². The average molecular weight is 379 g/mol. The molecule has 0 radical (unpaired) electrons. The first-order valence-electron chi connectivity index (χ1n) is 9.54. The first kappa shape index (κ1) is 16.7. The highest BCUT2D eigenvalue weighted by Gasteiger charge is 2.20. The van der Waals surface area contributed by atoms with E-state index in [0.29, 0.717) is 12.4 Å². The molecule has 5 rings (SSSR count). The van der Waals surface area contributed by atoms with E-state index in [1.807, 2.05) is 21.9 Å². The Morgan fingerprint density at radius 3 is 2.78 bits per heavy atom. The SMILES string of the molecule is Cc1cccc(C)c1OCc1nc2c3c4c(sc3ncn2n1)CCCCC4. The van der Waals surface area contributed by atoms with Gasteiger partial charge in [0.15, 0.2) is 11.5 Å². The number of benzene rings is 1. The predicted molar refractivity (Wildman–Crippen MR) is 108 cm³/mol. The second kappa shape index (κ2) is 6.60. The number of fused-ring (bicyclic) bond motifs is 5. The van der Waals surface area contributed by atoms with Crippen molar-refractivity contribution in [1.82, 2.24) is 19.6 Å². The zero-order chi connectivity index (χ0) is 18.4. The average Bonchev–Trinajstić information content (AvgIpc) is 3.14. The summed E-state index contributed by atoms with van der Waals surface area (Å²) in [5.41, 5.74) is 4.62. The van der Waals surface area contributed by atoms with Crippen LogP contribution in [-0.2, 0) is 19.4 Å². The molecule has 0 unspecified atom stereocenters. The van der Waals surface area contributed by atoms with Gasteiger partial charge in [-0.1, -0.05) is 24.6 Å². The Kier molecular flexibility index (Phi) is 4.08.